The minimum absolute atomic E-state index is 0.0229. The van der Waals surface area contributed by atoms with E-state index in [-0.39, 0.29) is 12.5 Å². The number of nitrogens with zero attached hydrogens (tertiary/aromatic N) is 1. The second-order valence-corrected chi connectivity index (χ2v) is 6.88. The van der Waals surface area contributed by atoms with Crippen LogP contribution >= 0.6 is 11.3 Å². The number of carbonyl (C=O) groups excluding carboxylic acids is 1. The zero-order valence-corrected chi connectivity index (χ0v) is 14.4. The highest BCUT2D eigenvalue weighted by molar-refractivity contribution is 7.09. The smallest absolute Gasteiger partial charge is 0.254 e. The van der Waals surface area contributed by atoms with E-state index >= 15 is 0 Å². The Balaban J connectivity index is 1.66. The first kappa shape index (κ1) is 16.5. The van der Waals surface area contributed by atoms with Crippen molar-refractivity contribution in [2.75, 3.05) is 6.54 Å². The van der Waals surface area contributed by atoms with E-state index in [0.29, 0.717) is 28.5 Å². The maximum absolute atomic E-state index is 12.2. The molecule has 3 heterocycles. The molecule has 0 bridgehead atoms. The lowest BCUT2D eigenvalue weighted by molar-refractivity contribution is 0.0323. The van der Waals surface area contributed by atoms with Gasteiger partial charge >= 0.3 is 0 Å². The average Bonchev–Trinajstić information content (AvgIpc) is 3.24. The molecule has 0 aliphatic heterocycles. The molecule has 0 aliphatic carbocycles. The van der Waals surface area contributed by atoms with Crippen molar-refractivity contribution >= 4 is 17.2 Å². The number of hydrogen-bond donors (Lipinski definition) is 2. The molecule has 0 aromatic carbocycles. The molecule has 3 aromatic heterocycles. The number of thiazole rings is 1. The van der Waals surface area contributed by atoms with Crippen molar-refractivity contribution in [1.82, 2.24) is 10.3 Å². The summed E-state index contributed by atoms with van der Waals surface area (Å²) in [5.74, 6) is 1.32. The Labute approximate surface area is 143 Å². The molecule has 2 N–H and O–H groups in total. The number of aliphatic hydroxyl groups is 1. The van der Waals surface area contributed by atoms with Crippen LogP contribution in [0, 0.1) is 13.8 Å². The number of nitrogens with one attached hydrogen (secondary N) is 1. The van der Waals surface area contributed by atoms with Crippen LogP contribution in [-0.4, -0.2) is 22.5 Å². The van der Waals surface area contributed by atoms with E-state index in [4.69, 9.17) is 8.83 Å². The summed E-state index contributed by atoms with van der Waals surface area (Å²) >= 11 is 1.51. The molecule has 0 aliphatic rings. The molecule has 1 unspecified atom stereocenters. The molecule has 3 rings (SSSR count). The fourth-order valence-corrected chi connectivity index (χ4v) is 2.83. The van der Waals surface area contributed by atoms with Crippen molar-refractivity contribution in [3.63, 3.8) is 0 Å². The maximum atomic E-state index is 12.2. The summed E-state index contributed by atoms with van der Waals surface area (Å²) in [4.78, 5) is 16.6. The Hall–Kier alpha value is -2.38. The predicted octanol–water partition coefficient (Wildman–Crippen LogP) is 3.25. The molecular formula is C17H18N2O4S. The number of aromatic nitrogens is 1. The molecule has 0 saturated carbocycles. The molecule has 1 atom stereocenters. The molecule has 1 amide bonds. The van der Waals surface area contributed by atoms with Crippen molar-refractivity contribution in [1.29, 1.82) is 0 Å². The Kier molecular flexibility index (Phi) is 4.29. The van der Waals surface area contributed by atoms with Crippen LogP contribution in [-0.2, 0) is 5.60 Å². The van der Waals surface area contributed by atoms with Crippen LogP contribution in [0.5, 0.6) is 0 Å². The van der Waals surface area contributed by atoms with Crippen LogP contribution in [0.15, 0.2) is 38.7 Å². The topological polar surface area (TPSA) is 88.5 Å². The van der Waals surface area contributed by atoms with Gasteiger partial charge in [-0.2, -0.15) is 0 Å². The summed E-state index contributed by atoms with van der Waals surface area (Å²) in [7, 11) is 0. The van der Waals surface area contributed by atoms with Crippen molar-refractivity contribution in [2.24, 2.45) is 0 Å². The predicted molar refractivity (Wildman–Crippen MR) is 89.9 cm³/mol. The summed E-state index contributed by atoms with van der Waals surface area (Å²) in [5, 5.41) is 15.9. The van der Waals surface area contributed by atoms with Crippen molar-refractivity contribution in [3.05, 3.63) is 51.9 Å². The van der Waals surface area contributed by atoms with Gasteiger partial charge in [-0.3, -0.25) is 4.79 Å². The SMILES string of the molecule is Cc1ccc(C(C)(O)CNC(=O)c2coc(-c3csc(C)n3)c2)o1. The van der Waals surface area contributed by atoms with Gasteiger partial charge < -0.3 is 19.3 Å². The van der Waals surface area contributed by atoms with Gasteiger partial charge in [0.2, 0.25) is 0 Å². The van der Waals surface area contributed by atoms with E-state index in [0.717, 1.165) is 5.01 Å². The average molecular weight is 346 g/mol. The van der Waals surface area contributed by atoms with E-state index in [1.807, 2.05) is 12.3 Å². The molecule has 6 nitrogen and oxygen atoms in total. The Bertz CT molecular complexity index is 859. The first-order chi connectivity index (χ1) is 11.3. The van der Waals surface area contributed by atoms with Gasteiger partial charge in [-0.05, 0) is 39.0 Å². The van der Waals surface area contributed by atoms with E-state index in [9.17, 15) is 9.90 Å². The standard InChI is InChI=1S/C17H18N2O4S/c1-10-4-5-15(23-10)17(3,21)9-18-16(20)12-6-14(22-7-12)13-8-24-11(2)19-13/h4-8,21H,9H2,1-3H3,(H,18,20). The van der Waals surface area contributed by atoms with E-state index in [1.54, 1.807) is 32.0 Å². The number of aryl methyl sites for hydroxylation is 2. The number of furan rings is 2. The molecule has 24 heavy (non-hydrogen) atoms. The van der Waals surface area contributed by atoms with Crippen molar-refractivity contribution < 1.29 is 18.7 Å². The summed E-state index contributed by atoms with van der Waals surface area (Å²) in [6.45, 7) is 5.31. The molecular weight excluding hydrogens is 328 g/mol. The summed E-state index contributed by atoms with van der Waals surface area (Å²) in [5.41, 5.74) is -0.209. The Morgan fingerprint density at radius 1 is 1.42 bits per heavy atom. The van der Waals surface area contributed by atoms with Crippen molar-refractivity contribution in [3.8, 4) is 11.5 Å². The fraction of sp³-hybridized carbons (Fsp3) is 0.294. The van der Waals surface area contributed by atoms with Crippen LogP contribution in [0.3, 0.4) is 0 Å². The van der Waals surface area contributed by atoms with Gasteiger partial charge in [0.05, 0.1) is 17.1 Å². The largest absolute Gasteiger partial charge is 0.463 e. The van der Waals surface area contributed by atoms with Gasteiger partial charge in [0.1, 0.15) is 29.1 Å². The lowest BCUT2D eigenvalue weighted by Gasteiger charge is -2.21. The number of rotatable bonds is 5. The minimum atomic E-state index is -1.29. The highest BCUT2D eigenvalue weighted by Crippen LogP contribution is 2.25. The third-order valence-corrected chi connectivity index (χ3v) is 4.37. The van der Waals surface area contributed by atoms with Gasteiger partial charge in [-0.25, -0.2) is 4.98 Å². The number of amides is 1. The fourth-order valence-electron chi connectivity index (χ4n) is 2.23. The van der Waals surface area contributed by atoms with Crippen LogP contribution in [0.2, 0.25) is 0 Å². The summed E-state index contributed by atoms with van der Waals surface area (Å²) in [6, 6.07) is 5.10. The molecule has 0 spiro atoms. The second kappa shape index (κ2) is 6.26. The van der Waals surface area contributed by atoms with E-state index in [1.165, 1.54) is 17.6 Å². The molecule has 7 heteroatoms. The number of carbonyl (C=O) groups is 1. The first-order valence-electron chi connectivity index (χ1n) is 7.44. The summed E-state index contributed by atoms with van der Waals surface area (Å²) < 4.78 is 10.8. The van der Waals surface area contributed by atoms with Crippen LogP contribution in [0.25, 0.3) is 11.5 Å². The lowest BCUT2D eigenvalue weighted by Crippen LogP contribution is -2.38. The van der Waals surface area contributed by atoms with Gasteiger partial charge in [-0.15, -0.1) is 11.3 Å². The molecule has 0 saturated heterocycles. The monoisotopic (exact) mass is 346 g/mol. The molecule has 0 radical (unpaired) electrons. The van der Waals surface area contributed by atoms with Gasteiger partial charge in [0, 0.05) is 5.38 Å². The zero-order chi connectivity index (χ0) is 17.3. The van der Waals surface area contributed by atoms with Gasteiger partial charge in [0.15, 0.2) is 5.76 Å². The highest BCUT2D eigenvalue weighted by atomic mass is 32.1. The first-order valence-corrected chi connectivity index (χ1v) is 8.31. The molecule has 0 fully saturated rings. The van der Waals surface area contributed by atoms with Crippen LogP contribution < -0.4 is 5.32 Å². The Morgan fingerprint density at radius 3 is 2.83 bits per heavy atom. The number of hydrogen-bond acceptors (Lipinski definition) is 6. The van der Waals surface area contributed by atoms with Crippen LogP contribution in [0.4, 0.5) is 0 Å². The zero-order valence-electron chi connectivity index (χ0n) is 13.6. The minimum Gasteiger partial charge on any atom is -0.463 e. The third-order valence-electron chi connectivity index (χ3n) is 3.60. The molecule has 126 valence electrons. The second-order valence-electron chi connectivity index (χ2n) is 5.82. The maximum Gasteiger partial charge on any atom is 0.254 e. The summed E-state index contributed by atoms with van der Waals surface area (Å²) in [6.07, 6.45) is 1.38. The third kappa shape index (κ3) is 3.42. The van der Waals surface area contributed by atoms with E-state index < -0.39 is 5.60 Å². The van der Waals surface area contributed by atoms with Gasteiger partial charge in [0.25, 0.3) is 5.91 Å². The molecule has 3 aromatic rings. The van der Waals surface area contributed by atoms with Crippen LogP contribution in [0.1, 0.15) is 33.8 Å². The lowest BCUT2D eigenvalue weighted by atomic mass is 10.0. The van der Waals surface area contributed by atoms with Crippen molar-refractivity contribution in [2.45, 2.75) is 26.4 Å². The van der Waals surface area contributed by atoms with Gasteiger partial charge in [-0.1, -0.05) is 0 Å². The normalized spacial score (nSPS) is 13.7. The Morgan fingerprint density at radius 2 is 2.21 bits per heavy atom. The quantitative estimate of drug-likeness (QED) is 0.740. The highest BCUT2D eigenvalue weighted by Gasteiger charge is 2.28. The van der Waals surface area contributed by atoms with E-state index in [2.05, 4.69) is 10.3 Å².